The van der Waals surface area contributed by atoms with Gasteiger partial charge in [0, 0.05) is 50.3 Å². The summed E-state index contributed by atoms with van der Waals surface area (Å²) in [7, 11) is 4.98. The molecule has 3 rings (SSSR count). The van der Waals surface area contributed by atoms with Crippen molar-refractivity contribution in [2.75, 3.05) is 44.6 Å². The monoisotopic (exact) mass is 371 g/mol. The van der Waals surface area contributed by atoms with Crippen LogP contribution in [0.1, 0.15) is 12.8 Å². The largest absolute Gasteiger partial charge is 0.493 e. The van der Waals surface area contributed by atoms with Gasteiger partial charge in [0.05, 0.1) is 20.4 Å². The molecule has 0 saturated carbocycles. The zero-order valence-corrected chi connectivity index (χ0v) is 15.9. The highest BCUT2D eigenvalue weighted by Gasteiger charge is 2.26. The van der Waals surface area contributed by atoms with Gasteiger partial charge in [0.25, 0.3) is 0 Å². The topological polar surface area (TPSA) is 79.8 Å². The summed E-state index contributed by atoms with van der Waals surface area (Å²) >= 11 is 0. The SMILES string of the molecule is COc1ccc(NC(=O)N(C)C2CCN(c3cnccn3)CC2)cc1OC. The van der Waals surface area contributed by atoms with Crippen molar-refractivity contribution in [2.45, 2.75) is 18.9 Å². The van der Waals surface area contributed by atoms with Crippen molar-refractivity contribution in [1.29, 1.82) is 0 Å². The molecule has 0 atom stereocenters. The quantitative estimate of drug-likeness (QED) is 0.870. The van der Waals surface area contributed by atoms with Gasteiger partial charge in [-0.2, -0.15) is 0 Å². The van der Waals surface area contributed by atoms with E-state index in [0.717, 1.165) is 31.7 Å². The third-order valence-electron chi connectivity index (χ3n) is 4.84. The first-order valence-electron chi connectivity index (χ1n) is 8.89. The van der Waals surface area contributed by atoms with Gasteiger partial charge in [0.1, 0.15) is 5.82 Å². The van der Waals surface area contributed by atoms with Crippen LogP contribution in [0.25, 0.3) is 0 Å². The Morgan fingerprint density at radius 2 is 1.93 bits per heavy atom. The molecule has 1 aromatic carbocycles. The van der Waals surface area contributed by atoms with Gasteiger partial charge < -0.3 is 24.6 Å². The number of anilines is 2. The Morgan fingerprint density at radius 1 is 1.19 bits per heavy atom. The number of benzene rings is 1. The Bertz CT molecular complexity index is 763. The third-order valence-corrected chi connectivity index (χ3v) is 4.84. The minimum atomic E-state index is -0.139. The number of nitrogens with zero attached hydrogens (tertiary/aromatic N) is 4. The van der Waals surface area contributed by atoms with Crippen LogP contribution in [0.15, 0.2) is 36.8 Å². The number of hydrogen-bond donors (Lipinski definition) is 1. The Hall–Kier alpha value is -3.03. The lowest BCUT2D eigenvalue weighted by molar-refractivity contribution is 0.193. The predicted octanol–water partition coefficient (Wildman–Crippen LogP) is 2.63. The summed E-state index contributed by atoms with van der Waals surface area (Å²) in [6.07, 6.45) is 6.90. The number of ether oxygens (including phenoxy) is 2. The second kappa shape index (κ2) is 8.57. The third kappa shape index (κ3) is 4.39. The van der Waals surface area contributed by atoms with Crippen LogP contribution in [0.3, 0.4) is 0 Å². The van der Waals surface area contributed by atoms with Crippen LogP contribution in [-0.2, 0) is 0 Å². The highest BCUT2D eigenvalue weighted by atomic mass is 16.5. The summed E-state index contributed by atoms with van der Waals surface area (Å²) in [6.45, 7) is 1.69. The Labute approximate surface area is 159 Å². The van der Waals surface area contributed by atoms with Crippen molar-refractivity contribution in [1.82, 2.24) is 14.9 Å². The second-order valence-corrected chi connectivity index (χ2v) is 6.39. The van der Waals surface area contributed by atoms with Gasteiger partial charge in [-0.25, -0.2) is 9.78 Å². The van der Waals surface area contributed by atoms with E-state index in [4.69, 9.17) is 9.47 Å². The van der Waals surface area contributed by atoms with Gasteiger partial charge in [-0.1, -0.05) is 0 Å². The summed E-state index contributed by atoms with van der Waals surface area (Å²) in [5, 5.41) is 2.92. The second-order valence-electron chi connectivity index (χ2n) is 6.39. The first kappa shape index (κ1) is 18.8. The van der Waals surface area contributed by atoms with Crippen LogP contribution < -0.4 is 19.7 Å². The van der Waals surface area contributed by atoms with E-state index in [0.29, 0.717) is 17.2 Å². The van der Waals surface area contributed by atoms with Crippen LogP contribution >= 0.6 is 0 Å². The van der Waals surface area contributed by atoms with Crippen molar-refractivity contribution in [3.8, 4) is 11.5 Å². The summed E-state index contributed by atoms with van der Waals surface area (Å²) < 4.78 is 10.5. The van der Waals surface area contributed by atoms with Crippen molar-refractivity contribution in [3.63, 3.8) is 0 Å². The van der Waals surface area contributed by atoms with Crippen molar-refractivity contribution < 1.29 is 14.3 Å². The number of piperidine rings is 1. The minimum Gasteiger partial charge on any atom is -0.493 e. The number of hydrogen-bond acceptors (Lipinski definition) is 6. The molecule has 2 aromatic rings. The number of aromatic nitrogens is 2. The van der Waals surface area contributed by atoms with Gasteiger partial charge in [-0.3, -0.25) is 4.98 Å². The van der Waals surface area contributed by atoms with E-state index in [1.165, 1.54) is 0 Å². The normalized spacial score (nSPS) is 14.6. The number of carbonyl (C=O) groups is 1. The molecule has 2 heterocycles. The highest BCUT2D eigenvalue weighted by Crippen LogP contribution is 2.30. The molecule has 8 heteroatoms. The van der Waals surface area contributed by atoms with Gasteiger partial charge in [0.15, 0.2) is 11.5 Å². The van der Waals surface area contributed by atoms with Gasteiger partial charge in [-0.15, -0.1) is 0 Å². The molecular weight excluding hydrogens is 346 g/mol. The summed E-state index contributed by atoms with van der Waals surface area (Å²) in [4.78, 5) is 25.1. The van der Waals surface area contributed by atoms with Crippen molar-refractivity contribution in [2.24, 2.45) is 0 Å². The number of carbonyl (C=O) groups excluding carboxylic acids is 1. The van der Waals surface area contributed by atoms with E-state index in [1.54, 1.807) is 55.9 Å². The lowest BCUT2D eigenvalue weighted by Gasteiger charge is -2.37. The Morgan fingerprint density at radius 3 is 2.56 bits per heavy atom. The number of nitrogens with one attached hydrogen (secondary N) is 1. The predicted molar refractivity (Wildman–Crippen MR) is 104 cm³/mol. The number of amides is 2. The molecule has 0 radical (unpaired) electrons. The Balaban J connectivity index is 1.57. The Kier molecular flexibility index (Phi) is 5.95. The number of urea groups is 1. The van der Waals surface area contributed by atoms with Crippen LogP contribution in [-0.4, -0.2) is 61.3 Å². The molecule has 1 aliphatic heterocycles. The molecule has 1 N–H and O–H groups in total. The minimum absolute atomic E-state index is 0.139. The fourth-order valence-electron chi connectivity index (χ4n) is 3.23. The first-order valence-corrected chi connectivity index (χ1v) is 8.89. The molecule has 1 fully saturated rings. The molecule has 1 aromatic heterocycles. The molecule has 1 aliphatic rings. The molecular formula is C19H25N5O3. The van der Waals surface area contributed by atoms with Crippen molar-refractivity contribution >= 4 is 17.5 Å². The summed E-state index contributed by atoms with van der Waals surface area (Å²) in [5.74, 6) is 2.09. The smallest absolute Gasteiger partial charge is 0.321 e. The van der Waals surface area contributed by atoms with Crippen LogP contribution in [0, 0.1) is 0 Å². The molecule has 27 heavy (non-hydrogen) atoms. The highest BCUT2D eigenvalue weighted by molar-refractivity contribution is 5.89. The van der Waals surface area contributed by atoms with Gasteiger partial charge >= 0.3 is 6.03 Å². The zero-order chi connectivity index (χ0) is 19.2. The fraction of sp³-hybridized carbons (Fsp3) is 0.421. The first-order chi connectivity index (χ1) is 13.1. The molecule has 8 nitrogen and oxygen atoms in total. The van der Waals surface area contributed by atoms with E-state index in [1.807, 2.05) is 7.05 Å². The van der Waals surface area contributed by atoms with Crippen LogP contribution in [0.5, 0.6) is 11.5 Å². The van der Waals surface area contributed by atoms with E-state index in [-0.39, 0.29) is 12.1 Å². The van der Waals surface area contributed by atoms with E-state index in [9.17, 15) is 4.79 Å². The zero-order valence-electron chi connectivity index (χ0n) is 15.9. The summed E-state index contributed by atoms with van der Waals surface area (Å²) in [6, 6.07) is 5.36. The maximum atomic E-state index is 12.6. The maximum Gasteiger partial charge on any atom is 0.321 e. The molecule has 144 valence electrons. The van der Waals surface area contributed by atoms with Gasteiger partial charge in [-0.05, 0) is 25.0 Å². The lowest BCUT2D eigenvalue weighted by atomic mass is 10.0. The average Bonchev–Trinajstić information content (AvgIpc) is 2.73. The van der Waals surface area contributed by atoms with Crippen LogP contribution in [0.4, 0.5) is 16.3 Å². The molecule has 2 amide bonds. The molecule has 1 saturated heterocycles. The molecule has 0 unspecified atom stereocenters. The number of methoxy groups -OCH3 is 2. The number of rotatable bonds is 5. The summed E-state index contributed by atoms with van der Waals surface area (Å²) in [5.41, 5.74) is 0.668. The molecule has 0 aliphatic carbocycles. The molecule has 0 bridgehead atoms. The van der Waals surface area contributed by atoms with Crippen molar-refractivity contribution in [3.05, 3.63) is 36.8 Å². The van der Waals surface area contributed by atoms with Gasteiger partial charge in [0.2, 0.25) is 0 Å². The standard InChI is InChI=1S/C19H25N5O3/c1-23(15-6-10-24(11-7-15)18-13-20-8-9-21-18)19(25)22-14-4-5-16(26-2)17(12-14)27-3/h4-5,8-9,12-13,15H,6-7,10-11H2,1-3H3,(H,22,25). The fourth-order valence-corrected chi connectivity index (χ4v) is 3.23. The van der Waals surface area contributed by atoms with Crippen LogP contribution in [0.2, 0.25) is 0 Å². The van der Waals surface area contributed by atoms with E-state index >= 15 is 0 Å². The molecule has 0 spiro atoms. The van der Waals surface area contributed by atoms with E-state index in [2.05, 4.69) is 20.2 Å². The maximum absolute atomic E-state index is 12.6. The average molecular weight is 371 g/mol. The lowest BCUT2D eigenvalue weighted by Crippen LogP contribution is -2.47. The van der Waals surface area contributed by atoms with E-state index < -0.39 is 0 Å².